The molecule has 7 heteroatoms. The standard InChI is InChI=1S/C9H8IN3O3/c10-6-3-7(9(14)15)13(4-6)2-1-8-11-5-12-16-8/h3-5H,1-2H2,(H,14,15). The highest BCUT2D eigenvalue weighted by atomic mass is 127. The highest BCUT2D eigenvalue weighted by molar-refractivity contribution is 14.1. The van der Waals surface area contributed by atoms with Crippen LogP contribution in [0.3, 0.4) is 0 Å². The number of halogens is 1. The summed E-state index contributed by atoms with van der Waals surface area (Å²) in [6.45, 7) is 0.507. The predicted octanol–water partition coefficient (Wildman–Crippen LogP) is 1.42. The Labute approximate surface area is 104 Å². The van der Waals surface area contributed by atoms with Gasteiger partial charge in [0, 0.05) is 22.7 Å². The normalized spacial score (nSPS) is 10.6. The molecule has 2 rings (SSSR count). The molecule has 0 unspecified atom stereocenters. The predicted molar refractivity (Wildman–Crippen MR) is 62.1 cm³/mol. The van der Waals surface area contributed by atoms with Gasteiger partial charge >= 0.3 is 5.97 Å². The molecule has 1 N–H and O–H groups in total. The fourth-order valence-corrected chi connectivity index (χ4v) is 1.99. The van der Waals surface area contributed by atoms with E-state index in [9.17, 15) is 4.79 Å². The number of rotatable bonds is 4. The van der Waals surface area contributed by atoms with Gasteiger partial charge in [0.05, 0.1) is 0 Å². The monoisotopic (exact) mass is 333 g/mol. The van der Waals surface area contributed by atoms with Crippen molar-refractivity contribution >= 4 is 28.6 Å². The molecule has 2 aromatic rings. The molecular weight excluding hydrogens is 325 g/mol. The Hall–Kier alpha value is -1.38. The largest absolute Gasteiger partial charge is 0.477 e. The van der Waals surface area contributed by atoms with E-state index in [4.69, 9.17) is 9.63 Å². The molecule has 0 spiro atoms. The molecule has 0 bridgehead atoms. The van der Waals surface area contributed by atoms with Crippen LogP contribution in [0.2, 0.25) is 0 Å². The van der Waals surface area contributed by atoms with Gasteiger partial charge in [0.2, 0.25) is 5.89 Å². The number of aryl methyl sites for hydroxylation is 2. The van der Waals surface area contributed by atoms with Crippen molar-refractivity contribution in [3.63, 3.8) is 0 Å². The van der Waals surface area contributed by atoms with Gasteiger partial charge < -0.3 is 14.2 Å². The molecule has 0 atom stereocenters. The number of nitrogens with zero attached hydrogens (tertiary/aromatic N) is 3. The van der Waals surface area contributed by atoms with Crippen LogP contribution in [0.25, 0.3) is 0 Å². The summed E-state index contributed by atoms with van der Waals surface area (Å²) >= 11 is 2.08. The van der Waals surface area contributed by atoms with Gasteiger partial charge in [-0.05, 0) is 28.7 Å². The lowest BCUT2D eigenvalue weighted by Gasteiger charge is -2.02. The summed E-state index contributed by atoms with van der Waals surface area (Å²) < 4.78 is 7.39. The van der Waals surface area contributed by atoms with Gasteiger partial charge in [-0.3, -0.25) is 0 Å². The second kappa shape index (κ2) is 4.64. The second-order valence-electron chi connectivity index (χ2n) is 3.13. The van der Waals surface area contributed by atoms with Crippen molar-refractivity contribution in [2.45, 2.75) is 13.0 Å². The van der Waals surface area contributed by atoms with Crippen molar-refractivity contribution in [3.8, 4) is 0 Å². The third-order valence-electron chi connectivity index (χ3n) is 2.06. The van der Waals surface area contributed by atoms with Crippen LogP contribution in [0.15, 0.2) is 23.1 Å². The van der Waals surface area contributed by atoms with E-state index in [1.165, 1.54) is 6.33 Å². The lowest BCUT2D eigenvalue weighted by molar-refractivity contribution is 0.0685. The Kier molecular flexibility index (Phi) is 3.22. The van der Waals surface area contributed by atoms with Gasteiger partial charge in [-0.15, -0.1) is 0 Å². The van der Waals surface area contributed by atoms with E-state index in [0.29, 0.717) is 18.9 Å². The number of carbonyl (C=O) groups is 1. The molecule has 2 aromatic heterocycles. The fraction of sp³-hybridized carbons (Fsp3) is 0.222. The maximum Gasteiger partial charge on any atom is 0.352 e. The summed E-state index contributed by atoms with van der Waals surface area (Å²) in [4.78, 5) is 14.8. The second-order valence-corrected chi connectivity index (χ2v) is 4.37. The zero-order chi connectivity index (χ0) is 11.5. The zero-order valence-electron chi connectivity index (χ0n) is 8.13. The molecule has 0 saturated heterocycles. The summed E-state index contributed by atoms with van der Waals surface area (Å²) in [5, 5.41) is 12.4. The topological polar surface area (TPSA) is 81.1 Å². The number of carboxylic acid groups (broad SMARTS) is 1. The molecule has 0 aromatic carbocycles. The Morgan fingerprint density at radius 3 is 3.06 bits per heavy atom. The molecule has 2 heterocycles. The molecule has 0 aliphatic rings. The first-order chi connectivity index (χ1) is 7.66. The Morgan fingerprint density at radius 1 is 1.62 bits per heavy atom. The minimum Gasteiger partial charge on any atom is -0.477 e. The van der Waals surface area contributed by atoms with Gasteiger partial charge in [0.15, 0.2) is 6.33 Å². The summed E-state index contributed by atoms with van der Waals surface area (Å²) in [6, 6.07) is 1.62. The van der Waals surface area contributed by atoms with Gasteiger partial charge in [-0.1, -0.05) is 5.16 Å². The van der Waals surface area contributed by atoms with Crippen LogP contribution in [0.5, 0.6) is 0 Å². The molecule has 0 saturated carbocycles. The number of carboxylic acids is 1. The van der Waals surface area contributed by atoms with Crippen molar-refractivity contribution in [2.75, 3.05) is 0 Å². The molecule has 0 aliphatic carbocycles. The average Bonchev–Trinajstić information content (AvgIpc) is 2.83. The third kappa shape index (κ3) is 2.40. The Balaban J connectivity index is 2.12. The average molecular weight is 333 g/mol. The van der Waals surface area contributed by atoms with Gasteiger partial charge in [-0.25, -0.2) is 4.79 Å². The molecule has 84 valence electrons. The lowest BCUT2D eigenvalue weighted by Crippen LogP contribution is -2.09. The molecule has 6 nitrogen and oxygen atoms in total. The molecule has 0 radical (unpaired) electrons. The van der Waals surface area contributed by atoms with Crippen molar-refractivity contribution < 1.29 is 14.4 Å². The fourth-order valence-electron chi connectivity index (χ4n) is 1.36. The van der Waals surface area contributed by atoms with Gasteiger partial charge in [-0.2, -0.15) is 4.98 Å². The van der Waals surface area contributed by atoms with Gasteiger partial charge in [0.1, 0.15) is 5.69 Å². The van der Waals surface area contributed by atoms with E-state index in [0.717, 1.165) is 3.57 Å². The first-order valence-corrected chi connectivity index (χ1v) is 5.59. The molecule has 16 heavy (non-hydrogen) atoms. The van der Waals surface area contributed by atoms with Crippen LogP contribution in [0.4, 0.5) is 0 Å². The van der Waals surface area contributed by atoms with Crippen LogP contribution in [0, 0.1) is 3.57 Å². The summed E-state index contributed by atoms with van der Waals surface area (Å²) in [5.41, 5.74) is 0.268. The summed E-state index contributed by atoms with van der Waals surface area (Å²) in [6.07, 6.45) is 3.62. The van der Waals surface area contributed by atoms with Crippen molar-refractivity contribution in [1.29, 1.82) is 0 Å². The van der Waals surface area contributed by atoms with E-state index < -0.39 is 5.97 Å². The maximum absolute atomic E-state index is 10.9. The minimum atomic E-state index is -0.937. The lowest BCUT2D eigenvalue weighted by atomic mass is 10.4. The number of hydrogen-bond acceptors (Lipinski definition) is 4. The number of hydrogen-bond donors (Lipinski definition) is 1. The third-order valence-corrected chi connectivity index (χ3v) is 2.65. The van der Waals surface area contributed by atoms with Crippen LogP contribution in [-0.2, 0) is 13.0 Å². The van der Waals surface area contributed by atoms with E-state index in [1.54, 1.807) is 16.8 Å². The Bertz CT molecular complexity index is 492. The maximum atomic E-state index is 10.9. The van der Waals surface area contributed by atoms with Gasteiger partial charge in [0.25, 0.3) is 0 Å². The van der Waals surface area contributed by atoms with Crippen LogP contribution in [-0.4, -0.2) is 25.8 Å². The van der Waals surface area contributed by atoms with E-state index >= 15 is 0 Å². The molecule has 0 amide bonds. The summed E-state index contributed by atoms with van der Waals surface area (Å²) in [7, 11) is 0. The van der Waals surface area contributed by atoms with Crippen LogP contribution < -0.4 is 0 Å². The van der Waals surface area contributed by atoms with Crippen molar-refractivity contribution in [3.05, 3.63) is 33.7 Å². The van der Waals surface area contributed by atoms with Crippen LogP contribution in [0.1, 0.15) is 16.4 Å². The van der Waals surface area contributed by atoms with Crippen LogP contribution >= 0.6 is 22.6 Å². The quantitative estimate of drug-likeness (QED) is 0.856. The summed E-state index contributed by atoms with van der Waals surface area (Å²) in [5.74, 6) is -0.437. The highest BCUT2D eigenvalue weighted by Gasteiger charge is 2.12. The Morgan fingerprint density at radius 2 is 2.44 bits per heavy atom. The van der Waals surface area contributed by atoms with Crippen molar-refractivity contribution in [1.82, 2.24) is 14.7 Å². The van der Waals surface area contributed by atoms with E-state index in [-0.39, 0.29) is 5.69 Å². The van der Waals surface area contributed by atoms with E-state index in [2.05, 4.69) is 32.7 Å². The highest BCUT2D eigenvalue weighted by Crippen LogP contribution is 2.12. The minimum absolute atomic E-state index is 0.268. The number of aromatic nitrogens is 3. The molecule has 0 fully saturated rings. The smallest absolute Gasteiger partial charge is 0.352 e. The first kappa shape index (κ1) is 11.1. The van der Waals surface area contributed by atoms with E-state index in [1.807, 2.05) is 0 Å². The number of aromatic carboxylic acids is 1. The van der Waals surface area contributed by atoms with Crippen molar-refractivity contribution in [2.24, 2.45) is 0 Å². The first-order valence-electron chi connectivity index (χ1n) is 4.51. The SMILES string of the molecule is O=C(O)c1cc(I)cn1CCc1ncno1. The molecule has 0 aliphatic heterocycles. The zero-order valence-corrected chi connectivity index (χ0v) is 10.3. The molecular formula is C9H8IN3O3.